The molecule has 4 heteroatoms. The minimum atomic E-state index is -0.420. The highest BCUT2D eigenvalue weighted by molar-refractivity contribution is 5.93. The van der Waals surface area contributed by atoms with Gasteiger partial charge in [-0.1, -0.05) is 0 Å². The maximum Gasteiger partial charge on any atom is 0.224 e. The molecule has 1 aliphatic rings. The number of anilines is 1. The van der Waals surface area contributed by atoms with Gasteiger partial charge < -0.3 is 5.32 Å². The van der Waals surface area contributed by atoms with Crippen molar-refractivity contribution in [2.75, 3.05) is 5.32 Å². The molecule has 0 bridgehead atoms. The summed E-state index contributed by atoms with van der Waals surface area (Å²) in [7, 11) is 0. The number of pyridine rings is 1. The highest BCUT2D eigenvalue weighted by Gasteiger charge is 2.15. The first-order valence-electron chi connectivity index (χ1n) is 3.70. The quantitative estimate of drug-likeness (QED) is 0.627. The summed E-state index contributed by atoms with van der Waals surface area (Å²) >= 11 is 0. The van der Waals surface area contributed by atoms with Crippen molar-refractivity contribution in [3.05, 3.63) is 23.8 Å². The molecular weight excluding hydrogens is 159 g/mol. The second kappa shape index (κ2) is 2.55. The second-order valence-corrected chi connectivity index (χ2v) is 2.70. The number of hydrogen-bond acceptors (Lipinski definition) is 2. The van der Waals surface area contributed by atoms with Gasteiger partial charge in [-0.15, -0.1) is 0 Å². The highest BCUT2D eigenvalue weighted by Crippen LogP contribution is 2.20. The second-order valence-electron chi connectivity index (χ2n) is 2.70. The van der Waals surface area contributed by atoms with Crippen LogP contribution < -0.4 is 5.32 Å². The Morgan fingerprint density at radius 1 is 1.50 bits per heavy atom. The molecule has 0 radical (unpaired) electrons. The number of fused-ring (bicyclic) bond motifs is 1. The average molecular weight is 166 g/mol. The van der Waals surface area contributed by atoms with Crippen molar-refractivity contribution in [3.8, 4) is 0 Å². The molecule has 3 nitrogen and oxygen atoms in total. The number of hydrogen-bond donors (Lipinski definition) is 1. The van der Waals surface area contributed by atoms with Gasteiger partial charge in [-0.25, -0.2) is 4.39 Å². The van der Waals surface area contributed by atoms with E-state index in [2.05, 4.69) is 10.3 Å². The van der Waals surface area contributed by atoms with Gasteiger partial charge in [-0.3, -0.25) is 9.78 Å². The summed E-state index contributed by atoms with van der Waals surface area (Å²) in [6.07, 6.45) is 2.20. The molecule has 1 aromatic rings. The van der Waals surface area contributed by atoms with Crippen LogP contribution in [0.15, 0.2) is 12.3 Å². The summed E-state index contributed by atoms with van der Waals surface area (Å²) < 4.78 is 12.6. The van der Waals surface area contributed by atoms with Crippen LogP contribution in [0.3, 0.4) is 0 Å². The van der Waals surface area contributed by atoms with E-state index in [0.29, 0.717) is 18.5 Å². The van der Waals surface area contributed by atoms with Crippen LogP contribution in [0.5, 0.6) is 0 Å². The van der Waals surface area contributed by atoms with Crippen molar-refractivity contribution < 1.29 is 9.18 Å². The highest BCUT2D eigenvalue weighted by atomic mass is 19.1. The van der Waals surface area contributed by atoms with Crippen molar-refractivity contribution in [1.82, 2.24) is 4.98 Å². The molecule has 2 rings (SSSR count). The standard InChI is InChI=1S/C8H7FN2O/c9-5-3-7-6(10-4-5)1-2-8(12)11-7/h3-4H,1-2H2,(H,11,12). The Hall–Kier alpha value is -1.45. The minimum Gasteiger partial charge on any atom is -0.324 e. The van der Waals surface area contributed by atoms with Gasteiger partial charge in [0, 0.05) is 18.9 Å². The Bertz CT molecular complexity index is 338. The van der Waals surface area contributed by atoms with Crippen molar-refractivity contribution >= 4 is 11.6 Å². The van der Waals surface area contributed by atoms with Gasteiger partial charge in [-0.2, -0.15) is 0 Å². The summed E-state index contributed by atoms with van der Waals surface area (Å²) in [5.41, 5.74) is 1.27. The topological polar surface area (TPSA) is 42.0 Å². The predicted molar refractivity (Wildman–Crippen MR) is 41.1 cm³/mol. The third-order valence-corrected chi connectivity index (χ3v) is 1.80. The number of aromatic nitrogens is 1. The molecule has 12 heavy (non-hydrogen) atoms. The molecule has 0 fully saturated rings. The van der Waals surface area contributed by atoms with E-state index in [-0.39, 0.29) is 5.91 Å². The number of carbonyl (C=O) groups is 1. The lowest BCUT2D eigenvalue weighted by Gasteiger charge is -2.14. The Balaban J connectivity index is 2.44. The van der Waals surface area contributed by atoms with E-state index in [9.17, 15) is 9.18 Å². The van der Waals surface area contributed by atoms with Crippen LogP contribution in [0, 0.1) is 5.82 Å². The fourth-order valence-corrected chi connectivity index (χ4v) is 1.22. The third kappa shape index (κ3) is 1.15. The van der Waals surface area contributed by atoms with Gasteiger partial charge in [0.05, 0.1) is 17.6 Å². The number of aryl methyl sites for hydroxylation is 1. The summed E-state index contributed by atoms with van der Waals surface area (Å²) in [5, 5.41) is 2.56. The maximum absolute atomic E-state index is 12.6. The molecular formula is C8H7FN2O. The van der Waals surface area contributed by atoms with Crippen molar-refractivity contribution in [2.24, 2.45) is 0 Å². The van der Waals surface area contributed by atoms with E-state index in [1.165, 1.54) is 6.07 Å². The number of amides is 1. The first kappa shape index (κ1) is 7.21. The van der Waals surface area contributed by atoms with Crippen LogP contribution in [-0.2, 0) is 11.2 Å². The molecule has 1 aliphatic heterocycles. The van der Waals surface area contributed by atoms with Crippen molar-refractivity contribution in [3.63, 3.8) is 0 Å². The fourth-order valence-electron chi connectivity index (χ4n) is 1.22. The van der Waals surface area contributed by atoms with Gasteiger partial charge in [-0.05, 0) is 0 Å². The number of rotatable bonds is 0. The SMILES string of the molecule is O=C1CCc2ncc(F)cc2N1. The van der Waals surface area contributed by atoms with E-state index in [1.54, 1.807) is 0 Å². The number of carbonyl (C=O) groups excluding carboxylic acids is 1. The monoisotopic (exact) mass is 166 g/mol. The largest absolute Gasteiger partial charge is 0.324 e. The molecule has 0 unspecified atom stereocenters. The normalized spacial score (nSPS) is 15.2. The molecule has 0 spiro atoms. The first-order chi connectivity index (χ1) is 5.75. The molecule has 62 valence electrons. The Morgan fingerprint density at radius 3 is 3.17 bits per heavy atom. The van der Waals surface area contributed by atoms with Gasteiger partial charge in [0.25, 0.3) is 0 Å². The molecule has 0 saturated carbocycles. The Morgan fingerprint density at radius 2 is 2.33 bits per heavy atom. The lowest BCUT2D eigenvalue weighted by molar-refractivity contribution is -0.116. The summed E-state index contributed by atoms with van der Waals surface area (Å²) in [4.78, 5) is 14.7. The smallest absolute Gasteiger partial charge is 0.224 e. The summed E-state index contributed by atoms with van der Waals surface area (Å²) in [5.74, 6) is -0.495. The van der Waals surface area contributed by atoms with Crippen LogP contribution in [0.2, 0.25) is 0 Å². The van der Waals surface area contributed by atoms with Crippen molar-refractivity contribution in [1.29, 1.82) is 0 Å². The molecule has 0 aromatic carbocycles. The third-order valence-electron chi connectivity index (χ3n) is 1.80. The van der Waals surface area contributed by atoms with E-state index in [0.717, 1.165) is 11.9 Å². The minimum absolute atomic E-state index is 0.0742. The Labute approximate surface area is 68.6 Å². The molecule has 1 amide bonds. The molecule has 1 aromatic heterocycles. The number of nitrogens with zero attached hydrogens (tertiary/aromatic N) is 1. The average Bonchev–Trinajstić information content (AvgIpc) is 2.03. The Kier molecular flexibility index (Phi) is 1.53. The first-order valence-corrected chi connectivity index (χ1v) is 3.70. The van der Waals surface area contributed by atoms with Gasteiger partial charge in [0.2, 0.25) is 5.91 Å². The van der Waals surface area contributed by atoms with Crippen LogP contribution in [0.4, 0.5) is 10.1 Å². The van der Waals surface area contributed by atoms with E-state index >= 15 is 0 Å². The lowest BCUT2D eigenvalue weighted by atomic mass is 10.1. The van der Waals surface area contributed by atoms with Gasteiger partial charge in [0.1, 0.15) is 5.82 Å². The molecule has 0 atom stereocenters. The van der Waals surface area contributed by atoms with Gasteiger partial charge >= 0.3 is 0 Å². The van der Waals surface area contributed by atoms with Crippen LogP contribution in [-0.4, -0.2) is 10.9 Å². The van der Waals surface area contributed by atoms with Gasteiger partial charge in [0.15, 0.2) is 0 Å². The van der Waals surface area contributed by atoms with E-state index < -0.39 is 5.82 Å². The molecule has 2 heterocycles. The van der Waals surface area contributed by atoms with Crippen LogP contribution in [0.1, 0.15) is 12.1 Å². The zero-order valence-corrected chi connectivity index (χ0v) is 6.30. The van der Waals surface area contributed by atoms with E-state index in [4.69, 9.17) is 0 Å². The predicted octanol–water partition coefficient (Wildman–Crippen LogP) is 1.11. The molecule has 0 aliphatic carbocycles. The molecule has 1 N–H and O–H groups in total. The number of nitrogens with one attached hydrogen (secondary N) is 1. The van der Waals surface area contributed by atoms with Crippen LogP contribution in [0.25, 0.3) is 0 Å². The van der Waals surface area contributed by atoms with E-state index in [1.807, 2.05) is 0 Å². The zero-order chi connectivity index (χ0) is 8.55. The lowest BCUT2D eigenvalue weighted by Crippen LogP contribution is -2.19. The molecule has 0 saturated heterocycles. The summed E-state index contributed by atoms with van der Waals surface area (Å²) in [6.45, 7) is 0. The number of halogens is 1. The maximum atomic E-state index is 12.6. The fraction of sp³-hybridized carbons (Fsp3) is 0.250. The summed E-state index contributed by atoms with van der Waals surface area (Å²) in [6, 6.07) is 1.29. The zero-order valence-electron chi connectivity index (χ0n) is 6.30. The van der Waals surface area contributed by atoms with Crippen molar-refractivity contribution in [2.45, 2.75) is 12.8 Å². The van der Waals surface area contributed by atoms with Crippen LogP contribution >= 0.6 is 0 Å².